The topological polar surface area (TPSA) is 29.5 Å². The molecule has 0 saturated heterocycles. The lowest BCUT2D eigenvalue weighted by Crippen LogP contribution is -2.03. The van der Waals surface area contributed by atoms with Crippen LogP contribution in [0.1, 0.15) is 17.2 Å². The van der Waals surface area contributed by atoms with E-state index >= 15 is 0 Å². The van der Waals surface area contributed by atoms with E-state index in [1.165, 1.54) is 6.07 Å². The normalized spacial score (nSPS) is 12.2. The summed E-state index contributed by atoms with van der Waals surface area (Å²) in [5.41, 5.74) is 1.19. The van der Waals surface area contributed by atoms with E-state index in [1.807, 2.05) is 0 Å². The standard InChI is InChI=1S/C15H14BrFO2/c1-19-13-4-2-3-11(7-13)15(18)8-10-5-6-12(16)9-14(10)17/h2-7,9,15,18H,8H2,1H3. The maximum absolute atomic E-state index is 13.7. The van der Waals surface area contributed by atoms with E-state index in [4.69, 9.17) is 4.74 Å². The van der Waals surface area contributed by atoms with Crippen molar-refractivity contribution in [2.45, 2.75) is 12.5 Å². The summed E-state index contributed by atoms with van der Waals surface area (Å²) < 4.78 is 19.5. The number of halogens is 2. The van der Waals surface area contributed by atoms with Gasteiger partial charge in [0.15, 0.2) is 0 Å². The number of rotatable bonds is 4. The van der Waals surface area contributed by atoms with Gasteiger partial charge in [0.05, 0.1) is 13.2 Å². The summed E-state index contributed by atoms with van der Waals surface area (Å²) in [6.07, 6.45) is -0.530. The number of hydrogen-bond acceptors (Lipinski definition) is 2. The lowest BCUT2D eigenvalue weighted by atomic mass is 10.0. The fourth-order valence-corrected chi connectivity index (χ4v) is 2.20. The molecule has 1 atom stereocenters. The molecular weight excluding hydrogens is 311 g/mol. The first-order valence-electron chi connectivity index (χ1n) is 5.86. The SMILES string of the molecule is COc1cccc(C(O)Cc2ccc(Br)cc2F)c1. The average Bonchev–Trinajstić information content (AvgIpc) is 2.42. The minimum absolute atomic E-state index is 0.228. The number of methoxy groups -OCH3 is 1. The molecule has 100 valence electrons. The van der Waals surface area contributed by atoms with Crippen LogP contribution in [-0.2, 0) is 6.42 Å². The van der Waals surface area contributed by atoms with Crippen LogP contribution in [0.15, 0.2) is 46.9 Å². The van der Waals surface area contributed by atoms with E-state index in [1.54, 1.807) is 43.5 Å². The Morgan fingerprint density at radius 1 is 1.26 bits per heavy atom. The number of benzene rings is 2. The van der Waals surface area contributed by atoms with Crippen LogP contribution < -0.4 is 4.74 Å². The zero-order valence-electron chi connectivity index (χ0n) is 10.4. The fourth-order valence-electron chi connectivity index (χ4n) is 1.86. The molecule has 0 amide bonds. The lowest BCUT2D eigenvalue weighted by molar-refractivity contribution is 0.176. The van der Waals surface area contributed by atoms with Gasteiger partial charge >= 0.3 is 0 Å². The summed E-state index contributed by atoms with van der Waals surface area (Å²) in [6.45, 7) is 0. The third-order valence-electron chi connectivity index (χ3n) is 2.91. The first kappa shape index (κ1) is 14.0. The van der Waals surface area contributed by atoms with E-state index in [0.717, 1.165) is 0 Å². The Bertz CT molecular complexity index is 572. The van der Waals surface area contributed by atoms with E-state index in [0.29, 0.717) is 21.3 Å². The van der Waals surface area contributed by atoms with Gasteiger partial charge in [-0.1, -0.05) is 34.1 Å². The van der Waals surface area contributed by atoms with Gasteiger partial charge in [0.1, 0.15) is 11.6 Å². The minimum Gasteiger partial charge on any atom is -0.497 e. The van der Waals surface area contributed by atoms with Crippen LogP contribution in [0.2, 0.25) is 0 Å². The molecule has 0 saturated carbocycles. The van der Waals surface area contributed by atoms with Crippen LogP contribution in [-0.4, -0.2) is 12.2 Å². The van der Waals surface area contributed by atoms with Gasteiger partial charge in [0.25, 0.3) is 0 Å². The molecule has 0 aliphatic carbocycles. The zero-order valence-corrected chi connectivity index (χ0v) is 12.0. The van der Waals surface area contributed by atoms with Crippen molar-refractivity contribution >= 4 is 15.9 Å². The Balaban J connectivity index is 2.17. The second kappa shape index (κ2) is 6.17. The van der Waals surface area contributed by atoms with Crippen molar-refractivity contribution in [1.82, 2.24) is 0 Å². The van der Waals surface area contributed by atoms with Crippen molar-refractivity contribution in [3.8, 4) is 5.75 Å². The van der Waals surface area contributed by atoms with Crippen LogP contribution in [0.5, 0.6) is 5.75 Å². The Kier molecular flexibility index (Phi) is 4.56. The van der Waals surface area contributed by atoms with Gasteiger partial charge in [-0.15, -0.1) is 0 Å². The molecule has 2 aromatic rings. The van der Waals surface area contributed by atoms with Crippen molar-refractivity contribution in [2.75, 3.05) is 7.11 Å². The highest BCUT2D eigenvalue weighted by atomic mass is 79.9. The highest BCUT2D eigenvalue weighted by Crippen LogP contribution is 2.24. The molecule has 0 heterocycles. The van der Waals surface area contributed by atoms with Crippen molar-refractivity contribution in [1.29, 1.82) is 0 Å². The quantitative estimate of drug-likeness (QED) is 0.925. The van der Waals surface area contributed by atoms with Crippen LogP contribution in [0.25, 0.3) is 0 Å². The van der Waals surface area contributed by atoms with Gasteiger partial charge in [-0.3, -0.25) is 0 Å². The Morgan fingerprint density at radius 3 is 2.74 bits per heavy atom. The van der Waals surface area contributed by atoms with E-state index in [9.17, 15) is 9.50 Å². The molecule has 0 aliphatic rings. The molecule has 0 fully saturated rings. The van der Waals surface area contributed by atoms with Crippen molar-refractivity contribution < 1.29 is 14.2 Å². The van der Waals surface area contributed by atoms with Gasteiger partial charge < -0.3 is 9.84 Å². The summed E-state index contributed by atoms with van der Waals surface area (Å²) >= 11 is 3.21. The molecule has 4 heteroatoms. The molecule has 0 bridgehead atoms. The molecule has 0 aliphatic heterocycles. The summed E-state index contributed by atoms with van der Waals surface area (Å²) in [5, 5.41) is 10.2. The third-order valence-corrected chi connectivity index (χ3v) is 3.40. The number of hydrogen-bond donors (Lipinski definition) is 1. The molecule has 19 heavy (non-hydrogen) atoms. The summed E-state index contributed by atoms with van der Waals surface area (Å²) in [7, 11) is 1.57. The van der Waals surface area contributed by atoms with E-state index in [-0.39, 0.29) is 12.2 Å². The van der Waals surface area contributed by atoms with Crippen molar-refractivity contribution in [2.24, 2.45) is 0 Å². The molecule has 2 nitrogen and oxygen atoms in total. The largest absolute Gasteiger partial charge is 0.497 e. The molecule has 0 radical (unpaired) electrons. The smallest absolute Gasteiger partial charge is 0.127 e. The van der Waals surface area contributed by atoms with Gasteiger partial charge in [-0.25, -0.2) is 4.39 Å². The van der Waals surface area contributed by atoms with Gasteiger partial charge in [0.2, 0.25) is 0 Å². The first-order chi connectivity index (χ1) is 9.10. The Morgan fingerprint density at radius 2 is 2.05 bits per heavy atom. The van der Waals surface area contributed by atoms with Crippen LogP contribution in [0.3, 0.4) is 0 Å². The highest BCUT2D eigenvalue weighted by molar-refractivity contribution is 9.10. The molecule has 2 aromatic carbocycles. The summed E-state index contributed by atoms with van der Waals surface area (Å²) in [4.78, 5) is 0. The van der Waals surface area contributed by atoms with Gasteiger partial charge in [-0.05, 0) is 35.4 Å². The van der Waals surface area contributed by atoms with Gasteiger partial charge in [0, 0.05) is 10.9 Å². The fraction of sp³-hybridized carbons (Fsp3) is 0.200. The Labute approximate surface area is 120 Å². The zero-order chi connectivity index (χ0) is 13.8. The molecular formula is C15H14BrFO2. The molecule has 1 N–H and O–H groups in total. The third kappa shape index (κ3) is 3.55. The van der Waals surface area contributed by atoms with Crippen molar-refractivity contribution in [3.63, 3.8) is 0 Å². The lowest BCUT2D eigenvalue weighted by Gasteiger charge is -2.13. The molecule has 0 aromatic heterocycles. The van der Waals surface area contributed by atoms with Gasteiger partial charge in [-0.2, -0.15) is 0 Å². The number of aliphatic hydroxyl groups is 1. The molecule has 1 unspecified atom stereocenters. The average molecular weight is 325 g/mol. The number of aliphatic hydroxyl groups excluding tert-OH is 1. The highest BCUT2D eigenvalue weighted by Gasteiger charge is 2.12. The molecule has 2 rings (SSSR count). The second-order valence-electron chi connectivity index (χ2n) is 4.23. The predicted octanol–water partition coefficient (Wildman–Crippen LogP) is 3.87. The maximum atomic E-state index is 13.7. The Hall–Kier alpha value is -1.39. The minimum atomic E-state index is -0.759. The summed E-state index contributed by atoms with van der Waals surface area (Å²) in [6, 6.07) is 12.0. The molecule has 0 spiro atoms. The second-order valence-corrected chi connectivity index (χ2v) is 5.15. The first-order valence-corrected chi connectivity index (χ1v) is 6.65. The van der Waals surface area contributed by atoms with Crippen molar-refractivity contribution in [3.05, 3.63) is 63.9 Å². The predicted molar refractivity (Wildman–Crippen MR) is 75.8 cm³/mol. The van der Waals surface area contributed by atoms with Crippen LogP contribution >= 0.6 is 15.9 Å². The summed E-state index contributed by atoms with van der Waals surface area (Å²) in [5.74, 6) is 0.351. The van der Waals surface area contributed by atoms with Crippen LogP contribution in [0, 0.1) is 5.82 Å². The monoisotopic (exact) mass is 324 g/mol. The number of ether oxygens (including phenoxy) is 1. The maximum Gasteiger partial charge on any atom is 0.127 e. The van der Waals surface area contributed by atoms with E-state index < -0.39 is 6.10 Å². The van der Waals surface area contributed by atoms with Crippen LogP contribution in [0.4, 0.5) is 4.39 Å². The van der Waals surface area contributed by atoms with E-state index in [2.05, 4.69) is 15.9 Å².